The molecule has 4 nitrogen and oxygen atoms in total. The number of carbonyl (C=O) groups is 1. The van der Waals surface area contributed by atoms with Crippen molar-refractivity contribution < 1.29 is 19.7 Å². The lowest BCUT2D eigenvalue weighted by molar-refractivity contribution is 0.104. The number of carbonyl (C=O) groups excluding carboxylic acids is 1. The summed E-state index contributed by atoms with van der Waals surface area (Å²) in [6.45, 7) is 3.84. The van der Waals surface area contributed by atoms with E-state index in [4.69, 9.17) is 4.74 Å². The normalized spacial score (nSPS) is 14.5. The number of rotatable bonds is 3. The number of ether oxygens (including phenoxy) is 1. The van der Waals surface area contributed by atoms with Crippen LogP contribution in [0.4, 0.5) is 0 Å². The number of allylic oxidation sites excluding steroid dienone is 1. The van der Waals surface area contributed by atoms with Gasteiger partial charge in [-0.1, -0.05) is 25.6 Å². The Morgan fingerprint density at radius 2 is 1.76 bits per heavy atom. The van der Waals surface area contributed by atoms with Gasteiger partial charge in [-0.15, -0.1) is 0 Å². The van der Waals surface area contributed by atoms with Crippen molar-refractivity contribution >= 4 is 17.9 Å². The first-order valence-corrected chi connectivity index (χ1v) is 7.61. The molecule has 0 aromatic heterocycles. The highest BCUT2D eigenvalue weighted by Gasteiger charge is 2.25. The van der Waals surface area contributed by atoms with Gasteiger partial charge >= 0.3 is 0 Å². The zero-order valence-corrected chi connectivity index (χ0v) is 13.5. The second-order valence-electron chi connectivity index (χ2n) is 6.20. The molecule has 0 bridgehead atoms. The van der Waals surface area contributed by atoms with Crippen LogP contribution >= 0.6 is 0 Å². The molecule has 1 aliphatic rings. The van der Waals surface area contributed by atoms with Gasteiger partial charge in [-0.25, -0.2) is 0 Å². The molecule has 2 aromatic rings. The number of fused-ring (bicyclic) bond motifs is 1. The van der Waals surface area contributed by atoms with Crippen LogP contribution in [0, 0.1) is 0 Å². The quantitative estimate of drug-likeness (QED) is 0.622. The third-order valence-corrected chi connectivity index (χ3v) is 3.79. The van der Waals surface area contributed by atoms with Crippen molar-refractivity contribution in [2.45, 2.75) is 26.9 Å². The van der Waals surface area contributed by atoms with Gasteiger partial charge in [0.1, 0.15) is 22.8 Å². The Morgan fingerprint density at radius 3 is 2.44 bits per heavy atom. The molecule has 0 spiro atoms. The first kappa shape index (κ1) is 18.3. The number of phenols is 2. The first-order valence-electron chi connectivity index (χ1n) is 7.61. The van der Waals surface area contributed by atoms with E-state index >= 15 is 0 Å². The van der Waals surface area contributed by atoms with E-state index in [9.17, 15) is 15.0 Å². The van der Waals surface area contributed by atoms with Gasteiger partial charge in [0.05, 0.1) is 11.1 Å². The van der Waals surface area contributed by atoms with E-state index in [2.05, 4.69) is 0 Å². The zero-order valence-electron chi connectivity index (χ0n) is 13.5. The van der Waals surface area contributed by atoms with Crippen molar-refractivity contribution in [2.24, 2.45) is 0 Å². The Morgan fingerprint density at radius 1 is 1.08 bits per heavy atom. The average molecular weight is 338 g/mol. The zero-order chi connectivity index (χ0) is 17.3. The fraction of sp³-hybridized carbons (Fsp3) is 0.190. The number of benzene rings is 2. The maximum Gasteiger partial charge on any atom is 0.189 e. The van der Waals surface area contributed by atoms with Crippen LogP contribution in [-0.2, 0) is 0 Å². The van der Waals surface area contributed by atoms with Crippen molar-refractivity contribution in [3.8, 4) is 17.2 Å². The predicted molar refractivity (Wildman–Crippen MR) is 100 cm³/mol. The van der Waals surface area contributed by atoms with Crippen LogP contribution in [0.2, 0.25) is 0 Å². The van der Waals surface area contributed by atoms with Crippen molar-refractivity contribution in [1.82, 2.24) is 0 Å². The molecule has 2 N–H and O–H groups in total. The molecule has 2 aromatic carbocycles. The second kappa shape index (κ2) is 6.85. The fourth-order valence-corrected chi connectivity index (χ4v) is 2.49. The minimum Gasteiger partial charge on any atom is -0.508 e. The van der Waals surface area contributed by atoms with Crippen molar-refractivity contribution in [1.29, 1.82) is 0 Å². The van der Waals surface area contributed by atoms with Crippen LogP contribution in [0.1, 0.15) is 42.8 Å². The Balaban J connectivity index is 0.00000225. The first-order chi connectivity index (χ1) is 11.4. The predicted octanol–water partition coefficient (Wildman–Crippen LogP) is 4.81. The Kier molecular flexibility index (Phi) is 5.02. The van der Waals surface area contributed by atoms with Gasteiger partial charge in [-0.2, -0.15) is 0 Å². The van der Waals surface area contributed by atoms with E-state index in [-0.39, 0.29) is 30.3 Å². The minimum atomic E-state index is -0.441. The average Bonchev–Trinajstić information content (AvgIpc) is 2.53. The minimum absolute atomic E-state index is 0. The van der Waals surface area contributed by atoms with Crippen molar-refractivity contribution in [3.63, 3.8) is 0 Å². The molecular formula is C21H22O4. The third kappa shape index (κ3) is 3.91. The summed E-state index contributed by atoms with van der Waals surface area (Å²) in [5.41, 5.74) is 1.07. The molecule has 4 heteroatoms. The number of aromatic hydroxyl groups is 2. The topological polar surface area (TPSA) is 66.8 Å². The van der Waals surface area contributed by atoms with E-state index in [0.717, 1.165) is 5.56 Å². The summed E-state index contributed by atoms with van der Waals surface area (Å²) in [5.74, 6) is 0.334. The molecule has 130 valence electrons. The van der Waals surface area contributed by atoms with Crippen LogP contribution in [-0.4, -0.2) is 21.6 Å². The maximum atomic E-state index is 12.4. The number of hydrogen-bond acceptors (Lipinski definition) is 4. The van der Waals surface area contributed by atoms with Gasteiger partial charge in [0.2, 0.25) is 0 Å². The second-order valence-corrected chi connectivity index (χ2v) is 6.20. The van der Waals surface area contributed by atoms with Gasteiger partial charge in [-0.05, 0) is 61.9 Å². The van der Waals surface area contributed by atoms with Gasteiger partial charge in [0.25, 0.3) is 0 Å². The summed E-state index contributed by atoms with van der Waals surface area (Å²) in [5, 5.41) is 19.6. The molecule has 0 atom stereocenters. The summed E-state index contributed by atoms with van der Waals surface area (Å²) in [4.78, 5) is 12.4. The molecule has 0 fully saturated rings. The molecule has 1 aliphatic heterocycles. The van der Waals surface area contributed by atoms with Gasteiger partial charge in [0, 0.05) is 0 Å². The van der Waals surface area contributed by atoms with Crippen molar-refractivity contribution in [2.75, 3.05) is 0 Å². The largest absolute Gasteiger partial charge is 0.508 e. The molecule has 0 amide bonds. The molecule has 0 aliphatic carbocycles. The molecule has 25 heavy (non-hydrogen) atoms. The Labute approximate surface area is 147 Å². The highest BCUT2D eigenvalue weighted by molar-refractivity contribution is 6.09. The number of hydrogen-bond donors (Lipinski definition) is 2. The highest BCUT2D eigenvalue weighted by Crippen LogP contribution is 2.38. The SMILES string of the molecule is C.CC1(C)C=Cc2c(ccc(C(=O)/C=C/c3ccc(O)cc3)c2O)O1. The monoisotopic (exact) mass is 338 g/mol. The summed E-state index contributed by atoms with van der Waals surface area (Å²) in [6.07, 6.45) is 6.64. The number of ketones is 1. The van der Waals surface area contributed by atoms with Crippen LogP contribution in [0.5, 0.6) is 17.2 Å². The molecule has 0 saturated heterocycles. The molecule has 3 rings (SSSR count). The van der Waals surface area contributed by atoms with E-state index in [1.54, 1.807) is 48.6 Å². The highest BCUT2D eigenvalue weighted by atomic mass is 16.5. The van der Waals surface area contributed by atoms with E-state index in [1.807, 2.05) is 19.9 Å². The van der Waals surface area contributed by atoms with Gasteiger partial charge in [0.15, 0.2) is 5.78 Å². The lowest BCUT2D eigenvalue weighted by Crippen LogP contribution is -2.27. The summed E-state index contributed by atoms with van der Waals surface area (Å²) >= 11 is 0. The van der Waals surface area contributed by atoms with E-state index < -0.39 is 5.60 Å². The summed E-state index contributed by atoms with van der Waals surface area (Å²) in [6, 6.07) is 9.75. The maximum absolute atomic E-state index is 12.4. The molecule has 0 unspecified atom stereocenters. The number of phenolic OH excluding ortho intramolecular Hbond substituents is 2. The van der Waals surface area contributed by atoms with Crippen LogP contribution in [0.15, 0.2) is 48.6 Å². The fourth-order valence-electron chi connectivity index (χ4n) is 2.49. The van der Waals surface area contributed by atoms with Crippen LogP contribution in [0.3, 0.4) is 0 Å². The molecule has 0 saturated carbocycles. The van der Waals surface area contributed by atoms with Crippen LogP contribution in [0.25, 0.3) is 12.2 Å². The lowest BCUT2D eigenvalue weighted by Gasteiger charge is -2.28. The standard InChI is InChI=1S/C20H18O4.CH4/c1-20(2)12-11-16-18(24-20)10-8-15(19(16)23)17(22)9-5-13-3-6-14(21)7-4-13;/h3-12,21,23H,1-2H3;1H4/b9-5+;. The molecule has 1 heterocycles. The lowest BCUT2D eigenvalue weighted by atomic mass is 9.98. The third-order valence-electron chi connectivity index (χ3n) is 3.79. The van der Waals surface area contributed by atoms with Crippen LogP contribution < -0.4 is 4.74 Å². The Bertz CT molecular complexity index is 843. The molecular weight excluding hydrogens is 316 g/mol. The van der Waals surface area contributed by atoms with Crippen molar-refractivity contribution in [3.05, 3.63) is 65.2 Å². The van der Waals surface area contributed by atoms with E-state index in [0.29, 0.717) is 11.3 Å². The summed E-state index contributed by atoms with van der Waals surface area (Å²) < 4.78 is 5.78. The smallest absolute Gasteiger partial charge is 0.189 e. The van der Waals surface area contributed by atoms with Gasteiger partial charge < -0.3 is 14.9 Å². The molecule has 0 radical (unpaired) electrons. The van der Waals surface area contributed by atoms with E-state index in [1.165, 1.54) is 6.08 Å². The van der Waals surface area contributed by atoms with Gasteiger partial charge in [-0.3, -0.25) is 4.79 Å². The summed E-state index contributed by atoms with van der Waals surface area (Å²) in [7, 11) is 0. The Hall–Kier alpha value is -3.01.